The molecule has 1 atom stereocenters. The highest BCUT2D eigenvalue weighted by Crippen LogP contribution is 1.98. The molecular weight excluding hydrogens is 139 g/mol. The lowest BCUT2D eigenvalue weighted by molar-refractivity contribution is 0.142. The first-order valence-corrected chi connectivity index (χ1v) is 3.56. The fraction of sp³-hybridized carbons (Fsp3) is 1.00. The van der Waals surface area contributed by atoms with Gasteiger partial charge in [-0.3, -0.25) is 0 Å². The average molecular weight is 148 g/mol. The molecule has 0 aromatic rings. The van der Waals surface area contributed by atoms with Gasteiger partial charge in [0.15, 0.2) is 0 Å². The normalized spacial score (nSPS) is 13.8. The van der Waals surface area contributed by atoms with Gasteiger partial charge in [-0.15, -0.1) is 12.6 Å². The second-order valence-electron chi connectivity index (χ2n) is 1.30. The maximum Gasteiger partial charge on any atom is 0.109 e. The van der Waals surface area contributed by atoms with Crippen molar-refractivity contribution in [1.82, 2.24) is 0 Å². The number of hydrogen-bond donors (Lipinski definition) is 2. The molecule has 4 heteroatoms. The molecule has 0 spiro atoms. The molecule has 0 bridgehead atoms. The molecular formula is C4H9BOS2. The van der Waals surface area contributed by atoms with E-state index in [2.05, 4.69) is 25.3 Å². The SMILES string of the molecule is [B]CCOC(S)CS. The van der Waals surface area contributed by atoms with Crippen LogP contribution in [0.15, 0.2) is 0 Å². The zero-order valence-corrected chi connectivity index (χ0v) is 6.37. The lowest BCUT2D eigenvalue weighted by Gasteiger charge is -2.06. The van der Waals surface area contributed by atoms with E-state index in [1.807, 2.05) is 0 Å². The van der Waals surface area contributed by atoms with Crippen molar-refractivity contribution in [3.05, 3.63) is 0 Å². The molecule has 0 amide bonds. The summed E-state index contributed by atoms with van der Waals surface area (Å²) in [6, 6.07) is 0. The third kappa shape index (κ3) is 4.87. The van der Waals surface area contributed by atoms with Crippen LogP contribution in [0.4, 0.5) is 0 Å². The molecule has 0 aliphatic carbocycles. The van der Waals surface area contributed by atoms with Crippen molar-refractivity contribution >= 4 is 33.1 Å². The first-order valence-electron chi connectivity index (χ1n) is 2.42. The van der Waals surface area contributed by atoms with Crippen molar-refractivity contribution in [3.63, 3.8) is 0 Å². The van der Waals surface area contributed by atoms with Crippen molar-refractivity contribution in [2.45, 2.75) is 11.8 Å². The molecule has 0 fully saturated rings. The van der Waals surface area contributed by atoms with Crippen LogP contribution in [0.2, 0.25) is 6.32 Å². The van der Waals surface area contributed by atoms with E-state index in [-0.39, 0.29) is 5.44 Å². The lowest BCUT2D eigenvalue weighted by atomic mass is 10.1. The van der Waals surface area contributed by atoms with Gasteiger partial charge in [-0.05, 0) is 0 Å². The van der Waals surface area contributed by atoms with Crippen LogP contribution in [0, 0.1) is 0 Å². The molecule has 0 N–H and O–H groups in total. The van der Waals surface area contributed by atoms with E-state index in [4.69, 9.17) is 12.6 Å². The Bertz CT molecular complexity index is 53.3. The molecule has 0 aromatic heterocycles. The molecule has 0 saturated heterocycles. The summed E-state index contributed by atoms with van der Waals surface area (Å²) < 4.78 is 5.00. The minimum Gasteiger partial charge on any atom is -0.368 e. The second-order valence-corrected chi connectivity index (χ2v) is 2.24. The summed E-state index contributed by atoms with van der Waals surface area (Å²) in [4.78, 5) is 0. The van der Waals surface area contributed by atoms with Crippen molar-refractivity contribution in [2.75, 3.05) is 12.4 Å². The Morgan fingerprint density at radius 1 is 1.62 bits per heavy atom. The topological polar surface area (TPSA) is 9.23 Å². The molecule has 0 rings (SSSR count). The van der Waals surface area contributed by atoms with Crippen molar-refractivity contribution in [2.24, 2.45) is 0 Å². The smallest absolute Gasteiger partial charge is 0.109 e. The predicted octanol–water partition coefficient (Wildman–Crippen LogP) is 0.775. The van der Waals surface area contributed by atoms with Crippen molar-refractivity contribution in [3.8, 4) is 0 Å². The summed E-state index contributed by atoms with van der Waals surface area (Å²) in [5, 5.41) is 0. The molecule has 0 saturated carbocycles. The average Bonchev–Trinajstić information content (AvgIpc) is 1.83. The summed E-state index contributed by atoms with van der Waals surface area (Å²) >= 11 is 7.96. The molecule has 0 aliphatic heterocycles. The van der Waals surface area contributed by atoms with Crippen molar-refractivity contribution in [1.29, 1.82) is 0 Å². The van der Waals surface area contributed by atoms with Crippen LogP contribution >= 0.6 is 25.3 Å². The number of rotatable bonds is 4. The Morgan fingerprint density at radius 2 is 2.25 bits per heavy atom. The van der Waals surface area contributed by atoms with Gasteiger partial charge in [-0.2, -0.15) is 12.6 Å². The summed E-state index contributed by atoms with van der Waals surface area (Å²) in [5.74, 6) is 0.628. The Morgan fingerprint density at radius 3 is 2.62 bits per heavy atom. The molecule has 46 valence electrons. The van der Waals surface area contributed by atoms with E-state index in [0.29, 0.717) is 18.7 Å². The third-order valence-electron chi connectivity index (χ3n) is 0.584. The van der Waals surface area contributed by atoms with Crippen molar-refractivity contribution < 1.29 is 4.74 Å². The van der Waals surface area contributed by atoms with Crippen LogP contribution in [-0.2, 0) is 4.74 Å². The standard InChI is InChI=1S/C4H9BOS2/c5-1-2-6-4(8)3-7/h4,7-8H,1-3H2. The van der Waals surface area contributed by atoms with Gasteiger partial charge in [0.2, 0.25) is 0 Å². The van der Waals surface area contributed by atoms with Gasteiger partial charge in [-0.1, -0.05) is 6.32 Å². The van der Waals surface area contributed by atoms with Crippen LogP contribution in [0.25, 0.3) is 0 Å². The van der Waals surface area contributed by atoms with Crippen LogP contribution in [0.5, 0.6) is 0 Å². The van der Waals surface area contributed by atoms with Gasteiger partial charge in [0, 0.05) is 12.4 Å². The predicted molar refractivity (Wildman–Crippen MR) is 43.1 cm³/mol. The first-order chi connectivity index (χ1) is 3.81. The second kappa shape index (κ2) is 5.85. The minimum absolute atomic E-state index is 0.0677. The largest absolute Gasteiger partial charge is 0.368 e. The van der Waals surface area contributed by atoms with Crippen LogP contribution in [-0.4, -0.2) is 25.6 Å². The quantitative estimate of drug-likeness (QED) is 0.340. The molecule has 1 nitrogen and oxygen atoms in total. The van der Waals surface area contributed by atoms with Gasteiger partial charge in [0.25, 0.3) is 0 Å². The highest BCUT2D eigenvalue weighted by atomic mass is 32.1. The minimum atomic E-state index is -0.0677. The maximum atomic E-state index is 5.15. The van der Waals surface area contributed by atoms with Crippen LogP contribution in [0.1, 0.15) is 0 Å². The van der Waals surface area contributed by atoms with E-state index in [0.717, 1.165) is 0 Å². The number of hydrogen-bond acceptors (Lipinski definition) is 3. The van der Waals surface area contributed by atoms with E-state index in [1.165, 1.54) is 0 Å². The first kappa shape index (κ1) is 8.72. The zero-order chi connectivity index (χ0) is 6.41. The van der Waals surface area contributed by atoms with E-state index >= 15 is 0 Å². The van der Waals surface area contributed by atoms with Crippen LogP contribution in [0.3, 0.4) is 0 Å². The Labute approximate surface area is 62.4 Å². The van der Waals surface area contributed by atoms with E-state index in [9.17, 15) is 0 Å². The Kier molecular flexibility index (Phi) is 6.38. The molecule has 0 heterocycles. The van der Waals surface area contributed by atoms with Gasteiger partial charge in [0.05, 0.1) is 7.85 Å². The van der Waals surface area contributed by atoms with Gasteiger partial charge in [-0.25, -0.2) is 0 Å². The van der Waals surface area contributed by atoms with Gasteiger partial charge < -0.3 is 4.74 Å². The highest BCUT2D eigenvalue weighted by molar-refractivity contribution is 7.84. The Balaban J connectivity index is 2.86. The molecule has 1 unspecified atom stereocenters. The summed E-state index contributed by atoms with van der Waals surface area (Å²) in [7, 11) is 5.15. The number of ether oxygens (including phenoxy) is 1. The monoisotopic (exact) mass is 148 g/mol. The zero-order valence-electron chi connectivity index (χ0n) is 4.58. The molecule has 0 aliphatic rings. The molecule has 8 heavy (non-hydrogen) atoms. The van der Waals surface area contributed by atoms with Crippen LogP contribution < -0.4 is 0 Å². The van der Waals surface area contributed by atoms with Gasteiger partial charge in [0.1, 0.15) is 5.44 Å². The van der Waals surface area contributed by atoms with E-state index < -0.39 is 0 Å². The fourth-order valence-corrected chi connectivity index (χ4v) is 0.468. The lowest BCUT2D eigenvalue weighted by Crippen LogP contribution is -2.07. The summed E-state index contributed by atoms with van der Waals surface area (Å²) in [5.41, 5.74) is -0.0677. The molecule has 0 aromatic carbocycles. The Hall–Kier alpha value is 0.725. The third-order valence-corrected chi connectivity index (χ3v) is 1.54. The summed E-state index contributed by atoms with van der Waals surface area (Å²) in [6.45, 7) is 0.564. The van der Waals surface area contributed by atoms with E-state index in [1.54, 1.807) is 0 Å². The fourth-order valence-electron chi connectivity index (χ4n) is 0.257. The maximum absolute atomic E-state index is 5.15. The molecule has 2 radical (unpaired) electrons. The number of thiol groups is 2. The highest BCUT2D eigenvalue weighted by Gasteiger charge is 1.95. The summed E-state index contributed by atoms with van der Waals surface area (Å²) in [6.07, 6.45) is 0.546. The van der Waals surface area contributed by atoms with Gasteiger partial charge >= 0.3 is 0 Å².